The van der Waals surface area contributed by atoms with Crippen LogP contribution in [0.15, 0.2) is 36.4 Å². The topological polar surface area (TPSA) is 174 Å². The Labute approximate surface area is 226 Å². The molecule has 0 radical (unpaired) electrons. The summed E-state index contributed by atoms with van der Waals surface area (Å²) in [5.41, 5.74) is 0.819. The van der Waals surface area contributed by atoms with Crippen molar-refractivity contribution in [2.24, 2.45) is 0 Å². The summed E-state index contributed by atoms with van der Waals surface area (Å²) >= 11 is 0. The first-order valence-corrected chi connectivity index (χ1v) is 12.0. The lowest BCUT2D eigenvalue weighted by Crippen LogP contribution is -2.41. The van der Waals surface area contributed by atoms with Crippen LogP contribution in [-0.4, -0.2) is 61.4 Å². The summed E-state index contributed by atoms with van der Waals surface area (Å²) in [6.07, 6.45) is -0.0600. The van der Waals surface area contributed by atoms with Crippen molar-refractivity contribution in [3.05, 3.63) is 57.6 Å². The first kappa shape index (κ1) is 29.6. The zero-order chi connectivity index (χ0) is 28.8. The summed E-state index contributed by atoms with van der Waals surface area (Å²) in [4.78, 5) is 21.3. The highest BCUT2D eigenvalue weighted by Crippen LogP contribution is 2.37. The third-order valence-electron chi connectivity index (χ3n) is 6.60. The van der Waals surface area contributed by atoms with E-state index in [-0.39, 0.29) is 13.2 Å². The van der Waals surface area contributed by atoms with Gasteiger partial charge in [-0.15, -0.1) is 0 Å². The second-order valence-electron chi connectivity index (χ2n) is 9.61. The fourth-order valence-corrected chi connectivity index (χ4v) is 4.03. The van der Waals surface area contributed by atoms with Crippen molar-refractivity contribution in [3.8, 4) is 23.6 Å². The lowest BCUT2D eigenvalue weighted by molar-refractivity contribution is -0.490. The van der Waals surface area contributed by atoms with Crippen molar-refractivity contribution >= 4 is 31.4 Å². The van der Waals surface area contributed by atoms with Gasteiger partial charge < -0.3 is 28.5 Å². The first-order chi connectivity index (χ1) is 18.5. The molecule has 1 saturated heterocycles. The van der Waals surface area contributed by atoms with Crippen LogP contribution in [0.1, 0.15) is 49.7 Å². The number of ether oxygens (including phenoxy) is 2. The summed E-state index contributed by atoms with van der Waals surface area (Å²) < 4.78 is 27.6. The summed E-state index contributed by atoms with van der Waals surface area (Å²) in [6, 6.07) is 13.7. The van der Waals surface area contributed by atoms with E-state index in [4.69, 9.17) is 34.0 Å². The van der Waals surface area contributed by atoms with Crippen molar-refractivity contribution < 1.29 is 38.2 Å². The van der Waals surface area contributed by atoms with Crippen LogP contribution in [-0.2, 0) is 14.0 Å². The monoisotopic (exact) mass is 535 g/mol. The number of nitrogens with zero attached hydrogens (tertiary/aromatic N) is 3. The van der Waals surface area contributed by atoms with Crippen LogP contribution in [0.2, 0.25) is 0 Å². The Kier molecular flexibility index (Phi) is 9.32. The third kappa shape index (κ3) is 6.56. The first-order valence-electron chi connectivity index (χ1n) is 12.0. The zero-order valence-electron chi connectivity index (χ0n) is 21.9. The molecule has 202 valence electrons. The van der Waals surface area contributed by atoms with E-state index in [1.54, 1.807) is 36.4 Å². The molecular weight excluding hydrogens is 508 g/mol. The van der Waals surface area contributed by atoms with Crippen molar-refractivity contribution in [1.82, 2.24) is 0 Å². The van der Waals surface area contributed by atoms with E-state index in [1.807, 2.05) is 39.8 Å². The molecule has 1 fully saturated rings. The van der Waals surface area contributed by atoms with Gasteiger partial charge in [-0.1, -0.05) is 24.3 Å². The summed E-state index contributed by atoms with van der Waals surface area (Å²) in [5.74, 6) is 0.743. The molecule has 2 aromatic rings. The van der Waals surface area contributed by atoms with Crippen LogP contribution in [0.4, 0.5) is 0 Å². The van der Waals surface area contributed by atoms with Crippen molar-refractivity contribution in [2.45, 2.75) is 45.0 Å². The number of fused-ring (bicyclic) bond motifs is 1. The molecule has 2 heterocycles. The number of hydrogen-bond donors (Lipinski definition) is 1. The van der Waals surface area contributed by atoms with E-state index >= 15 is 0 Å². The fourth-order valence-electron chi connectivity index (χ4n) is 4.03. The molecule has 12 nitrogen and oxygen atoms in total. The van der Waals surface area contributed by atoms with Crippen LogP contribution in [0.3, 0.4) is 0 Å². The molecule has 0 aromatic heterocycles. The van der Waals surface area contributed by atoms with Gasteiger partial charge in [0.25, 0.3) is 0 Å². The van der Waals surface area contributed by atoms with Crippen molar-refractivity contribution in [3.63, 3.8) is 0 Å². The van der Waals surface area contributed by atoms with Crippen molar-refractivity contribution in [2.75, 3.05) is 19.8 Å². The van der Waals surface area contributed by atoms with E-state index in [0.717, 1.165) is 6.29 Å². The molecule has 39 heavy (non-hydrogen) atoms. The molecule has 0 spiro atoms. The van der Waals surface area contributed by atoms with Gasteiger partial charge in [-0.25, -0.2) is 0 Å². The van der Waals surface area contributed by atoms with Gasteiger partial charge in [0, 0.05) is 21.4 Å². The number of aldehydes is 1. The molecule has 2 aliphatic heterocycles. The van der Waals surface area contributed by atoms with Crippen LogP contribution >= 0.6 is 0 Å². The normalized spacial score (nSPS) is 18.2. The molecule has 0 saturated carbocycles. The lowest BCUT2D eigenvalue weighted by atomic mass is 9.75. The molecule has 4 rings (SSSR count). The number of carbonyl (C=O) groups is 1. The van der Waals surface area contributed by atoms with Crippen LogP contribution in [0.5, 0.6) is 11.5 Å². The Bertz CT molecular complexity index is 1290. The van der Waals surface area contributed by atoms with Gasteiger partial charge in [-0.2, -0.15) is 10.5 Å². The quantitative estimate of drug-likeness (QED) is 0.224. The number of nitriles is 2. The smallest absolute Gasteiger partial charge is 0.479 e. The van der Waals surface area contributed by atoms with Crippen LogP contribution < -0.4 is 20.4 Å². The molecule has 1 unspecified atom stereocenters. The number of benzene rings is 2. The van der Waals surface area contributed by atoms with Gasteiger partial charge in [0.05, 0.1) is 11.2 Å². The highest BCUT2D eigenvalue weighted by molar-refractivity contribution is 6.64. The standard InChI is InChI=1S/C15H18BNO4.C10H9BN2O5/c1-14(2)15(3,4)21-16(20-14)13-11(10-18)6-5-7-12(13)19-9-8-17;12-4-5-17-8-3-1-2-7-9(6-13(15)16)18-11(14)10(7)8/h5-7,10H,9H2,1-4H3;1-3,9,14H,5-6H2. The van der Waals surface area contributed by atoms with E-state index in [2.05, 4.69) is 0 Å². The van der Waals surface area contributed by atoms with E-state index in [9.17, 15) is 19.9 Å². The summed E-state index contributed by atoms with van der Waals surface area (Å²) in [5, 5.41) is 37.4. The molecule has 2 aliphatic rings. The van der Waals surface area contributed by atoms with Crippen molar-refractivity contribution in [1.29, 1.82) is 10.5 Å². The van der Waals surface area contributed by atoms with Gasteiger partial charge in [-0.3, -0.25) is 14.9 Å². The van der Waals surface area contributed by atoms with Gasteiger partial charge in [0.15, 0.2) is 13.2 Å². The second-order valence-corrected chi connectivity index (χ2v) is 9.61. The zero-order valence-corrected chi connectivity index (χ0v) is 21.9. The molecule has 0 bridgehead atoms. The molecule has 0 amide bonds. The molecule has 1 atom stereocenters. The minimum Gasteiger partial charge on any atom is -0.479 e. The maximum absolute atomic E-state index is 11.3. The Morgan fingerprint density at radius 3 is 2.08 bits per heavy atom. The lowest BCUT2D eigenvalue weighted by Gasteiger charge is -2.32. The van der Waals surface area contributed by atoms with Gasteiger partial charge in [0.2, 0.25) is 6.54 Å². The number of rotatable bonds is 8. The van der Waals surface area contributed by atoms with E-state index in [0.29, 0.717) is 33.6 Å². The predicted octanol–water partition coefficient (Wildman–Crippen LogP) is 1.33. The number of hydrogen-bond acceptors (Lipinski definition) is 11. The largest absolute Gasteiger partial charge is 0.499 e. The third-order valence-corrected chi connectivity index (χ3v) is 6.60. The van der Waals surface area contributed by atoms with Crippen LogP contribution in [0, 0.1) is 32.8 Å². The van der Waals surface area contributed by atoms with Gasteiger partial charge in [0.1, 0.15) is 36.0 Å². The Balaban J connectivity index is 0.000000218. The Hall–Kier alpha value is -3.94. The molecule has 0 aliphatic carbocycles. The molecule has 2 aromatic carbocycles. The van der Waals surface area contributed by atoms with Gasteiger partial charge >= 0.3 is 14.2 Å². The highest BCUT2D eigenvalue weighted by Gasteiger charge is 2.53. The highest BCUT2D eigenvalue weighted by atomic mass is 16.7. The van der Waals surface area contributed by atoms with E-state index < -0.39 is 43.0 Å². The predicted molar refractivity (Wildman–Crippen MR) is 139 cm³/mol. The maximum atomic E-state index is 11.3. The Morgan fingerprint density at radius 1 is 1.03 bits per heavy atom. The van der Waals surface area contributed by atoms with E-state index in [1.165, 1.54) is 0 Å². The molecule has 1 N–H and O–H groups in total. The minimum atomic E-state index is -1.26. The summed E-state index contributed by atoms with van der Waals surface area (Å²) in [6.45, 7) is 7.06. The number of nitro groups is 1. The fraction of sp³-hybridized carbons (Fsp3) is 0.400. The molecule has 14 heteroatoms. The average Bonchev–Trinajstić information content (AvgIpc) is 3.31. The van der Waals surface area contributed by atoms with Gasteiger partial charge in [-0.05, 0) is 45.4 Å². The summed E-state index contributed by atoms with van der Waals surface area (Å²) in [7, 11) is -1.97. The maximum Gasteiger partial charge on any atom is 0.499 e. The SMILES string of the molecule is CC1(C)OB(c2c(C=O)cccc2OCC#N)OC1(C)C.N#CCOc1cccc2c1B(O)OC2C[N+](=O)[O-]. The minimum absolute atomic E-state index is 0.102. The average molecular weight is 535 g/mol. The second kappa shape index (κ2) is 12.3. The number of carbonyl (C=O) groups excluding carboxylic acids is 1. The van der Waals surface area contributed by atoms with Crippen LogP contribution in [0.25, 0.3) is 0 Å². The Morgan fingerprint density at radius 2 is 1.56 bits per heavy atom. The molecular formula is C25H27B2N3O9.